The summed E-state index contributed by atoms with van der Waals surface area (Å²) in [6.07, 6.45) is 10.0. The van der Waals surface area contributed by atoms with Gasteiger partial charge in [0.15, 0.2) is 5.84 Å². The maximum absolute atomic E-state index is 4.45. The Kier molecular flexibility index (Phi) is 4.69. The molecule has 3 heterocycles. The van der Waals surface area contributed by atoms with E-state index >= 15 is 0 Å². The summed E-state index contributed by atoms with van der Waals surface area (Å²) in [4.78, 5) is 6.44. The molecule has 0 amide bonds. The van der Waals surface area contributed by atoms with Gasteiger partial charge in [0.05, 0.1) is 17.4 Å². The number of rotatable bonds is 2. The van der Waals surface area contributed by atoms with E-state index in [1.54, 1.807) is 0 Å². The monoisotopic (exact) mass is 323 g/mol. The van der Waals surface area contributed by atoms with Crippen LogP contribution in [-0.2, 0) is 0 Å². The highest BCUT2D eigenvalue weighted by Gasteiger charge is 2.21. The van der Waals surface area contributed by atoms with E-state index in [9.17, 15) is 0 Å². The fourth-order valence-corrected chi connectivity index (χ4v) is 2.67. The number of allylic oxidation sites excluding steroid dienone is 2. The van der Waals surface area contributed by atoms with Crippen molar-refractivity contribution in [3.05, 3.63) is 55.0 Å². The van der Waals surface area contributed by atoms with Crippen LogP contribution in [0.1, 0.15) is 33.7 Å². The third-order valence-corrected chi connectivity index (χ3v) is 4.08. The average Bonchev–Trinajstić information content (AvgIpc) is 3.19. The Balaban J connectivity index is 0.000000141. The first-order valence-corrected chi connectivity index (χ1v) is 8.44. The molecule has 0 saturated carbocycles. The van der Waals surface area contributed by atoms with Crippen LogP contribution in [0.4, 0.5) is 0 Å². The van der Waals surface area contributed by atoms with E-state index in [0.29, 0.717) is 12.1 Å². The molecule has 2 aliphatic heterocycles. The van der Waals surface area contributed by atoms with Crippen molar-refractivity contribution in [3.63, 3.8) is 0 Å². The lowest BCUT2D eigenvalue weighted by Gasteiger charge is -2.20. The zero-order valence-corrected chi connectivity index (χ0v) is 14.8. The van der Waals surface area contributed by atoms with Gasteiger partial charge in [0.25, 0.3) is 0 Å². The Morgan fingerprint density at radius 1 is 1.00 bits per heavy atom. The SMILES string of the molecule is CC(C)N1CN2C=CC=CC2=N1.CC(C)n1cnc2ccccc21. The number of hydrogen-bond donors (Lipinski definition) is 0. The Labute approximate surface area is 143 Å². The number of imidazole rings is 1. The van der Waals surface area contributed by atoms with Gasteiger partial charge in [-0.2, -0.15) is 5.10 Å². The minimum Gasteiger partial charge on any atom is -0.328 e. The van der Waals surface area contributed by atoms with Crippen LogP contribution >= 0.6 is 0 Å². The highest BCUT2D eigenvalue weighted by molar-refractivity contribution is 5.95. The molecule has 2 aromatic rings. The summed E-state index contributed by atoms with van der Waals surface area (Å²) in [5.74, 6) is 1.05. The summed E-state index contributed by atoms with van der Waals surface area (Å²) in [5, 5.41) is 6.53. The largest absolute Gasteiger partial charge is 0.328 e. The minimum absolute atomic E-state index is 0.477. The number of hydrazone groups is 1. The number of hydrogen-bond acceptors (Lipinski definition) is 4. The van der Waals surface area contributed by atoms with Crippen molar-refractivity contribution in [1.82, 2.24) is 19.5 Å². The van der Waals surface area contributed by atoms with E-state index < -0.39 is 0 Å². The molecule has 4 rings (SSSR count). The van der Waals surface area contributed by atoms with Crippen molar-refractivity contribution in [1.29, 1.82) is 0 Å². The Bertz CT molecular complexity index is 782. The van der Waals surface area contributed by atoms with Gasteiger partial charge in [-0.1, -0.05) is 18.2 Å². The third kappa shape index (κ3) is 3.35. The second kappa shape index (κ2) is 6.91. The van der Waals surface area contributed by atoms with E-state index in [0.717, 1.165) is 18.0 Å². The molecule has 1 aromatic heterocycles. The van der Waals surface area contributed by atoms with Crippen LogP contribution in [-0.4, -0.2) is 38.0 Å². The van der Waals surface area contributed by atoms with Crippen molar-refractivity contribution in [3.8, 4) is 0 Å². The Morgan fingerprint density at radius 3 is 2.50 bits per heavy atom. The fourth-order valence-electron chi connectivity index (χ4n) is 2.67. The van der Waals surface area contributed by atoms with Gasteiger partial charge >= 0.3 is 0 Å². The summed E-state index contributed by atoms with van der Waals surface area (Å²) in [7, 11) is 0. The molecule has 0 atom stereocenters. The predicted molar refractivity (Wildman–Crippen MR) is 99.5 cm³/mol. The average molecular weight is 323 g/mol. The molecular weight excluding hydrogens is 298 g/mol. The van der Waals surface area contributed by atoms with Crippen LogP contribution in [0, 0.1) is 0 Å². The minimum atomic E-state index is 0.477. The molecule has 126 valence electrons. The van der Waals surface area contributed by atoms with Crippen molar-refractivity contribution < 1.29 is 0 Å². The van der Waals surface area contributed by atoms with Gasteiger partial charge in [-0.3, -0.25) is 5.01 Å². The lowest BCUT2D eigenvalue weighted by atomic mass is 10.3. The zero-order chi connectivity index (χ0) is 17.1. The molecule has 1 aromatic carbocycles. The topological polar surface area (TPSA) is 36.7 Å². The summed E-state index contributed by atoms with van der Waals surface area (Å²) in [6.45, 7) is 9.50. The molecule has 0 radical (unpaired) electrons. The molecule has 5 nitrogen and oxygen atoms in total. The molecule has 5 heteroatoms. The van der Waals surface area contributed by atoms with Crippen LogP contribution in [0.15, 0.2) is 60.1 Å². The van der Waals surface area contributed by atoms with Gasteiger partial charge in [-0.25, -0.2) is 4.98 Å². The summed E-state index contributed by atoms with van der Waals surface area (Å²) in [5.41, 5.74) is 2.29. The molecule has 2 aliphatic rings. The van der Waals surface area contributed by atoms with Crippen LogP contribution < -0.4 is 0 Å². The van der Waals surface area contributed by atoms with Gasteiger partial charge in [0.1, 0.15) is 6.67 Å². The number of nitrogens with zero attached hydrogens (tertiary/aromatic N) is 5. The first kappa shape index (κ1) is 16.3. The first-order chi connectivity index (χ1) is 11.6. The van der Waals surface area contributed by atoms with Crippen molar-refractivity contribution >= 4 is 16.9 Å². The number of aromatic nitrogens is 2. The molecule has 0 aliphatic carbocycles. The van der Waals surface area contributed by atoms with Gasteiger partial charge in [-0.05, 0) is 52.0 Å². The molecule has 0 unspecified atom stereocenters. The van der Waals surface area contributed by atoms with Crippen LogP contribution in [0.25, 0.3) is 11.0 Å². The molecule has 0 spiro atoms. The van der Waals surface area contributed by atoms with Crippen molar-refractivity contribution in [2.45, 2.75) is 39.8 Å². The van der Waals surface area contributed by atoms with E-state index in [-0.39, 0.29) is 0 Å². The van der Waals surface area contributed by atoms with Crippen LogP contribution in [0.2, 0.25) is 0 Å². The number of benzene rings is 1. The smallest absolute Gasteiger partial charge is 0.154 e. The normalized spacial score (nSPS) is 15.8. The highest BCUT2D eigenvalue weighted by Crippen LogP contribution is 2.16. The standard InChI is InChI=1S/C10H12N2.C9H13N3/c1-8(2)12-7-11-9-5-3-4-6-10(9)12;1-8(2)12-7-11-6-4-3-5-9(11)10-12/h3-8H,1-2H3;3-6,8H,7H2,1-2H3. The molecule has 0 fully saturated rings. The lowest BCUT2D eigenvalue weighted by Crippen LogP contribution is -2.29. The van der Waals surface area contributed by atoms with E-state index in [1.807, 2.05) is 42.8 Å². The van der Waals surface area contributed by atoms with Crippen molar-refractivity contribution in [2.75, 3.05) is 6.67 Å². The fraction of sp³-hybridized carbons (Fsp3) is 0.368. The molecule has 0 N–H and O–H groups in total. The molecular formula is C19H25N5. The number of para-hydroxylation sites is 2. The molecule has 0 bridgehead atoms. The van der Waals surface area contributed by atoms with Crippen LogP contribution in [0.3, 0.4) is 0 Å². The highest BCUT2D eigenvalue weighted by atomic mass is 15.6. The third-order valence-electron chi connectivity index (χ3n) is 4.08. The predicted octanol–water partition coefficient (Wildman–Crippen LogP) is 3.98. The quantitative estimate of drug-likeness (QED) is 0.838. The maximum Gasteiger partial charge on any atom is 0.154 e. The van der Waals surface area contributed by atoms with Crippen LogP contribution in [0.5, 0.6) is 0 Å². The lowest BCUT2D eigenvalue weighted by molar-refractivity contribution is 0.214. The second-order valence-corrected chi connectivity index (χ2v) is 6.54. The Hall–Kier alpha value is -2.56. The molecule has 0 saturated heterocycles. The molecule has 24 heavy (non-hydrogen) atoms. The first-order valence-electron chi connectivity index (χ1n) is 8.44. The second-order valence-electron chi connectivity index (χ2n) is 6.54. The van der Waals surface area contributed by atoms with E-state index in [4.69, 9.17) is 0 Å². The number of amidine groups is 1. The Morgan fingerprint density at radius 2 is 1.79 bits per heavy atom. The van der Waals surface area contributed by atoms with Gasteiger partial charge in [-0.15, -0.1) is 0 Å². The van der Waals surface area contributed by atoms with Gasteiger partial charge in [0.2, 0.25) is 0 Å². The van der Waals surface area contributed by atoms with Gasteiger partial charge in [0, 0.05) is 18.3 Å². The van der Waals surface area contributed by atoms with Crippen molar-refractivity contribution in [2.24, 2.45) is 5.10 Å². The van der Waals surface area contributed by atoms with Gasteiger partial charge < -0.3 is 9.47 Å². The van der Waals surface area contributed by atoms with E-state index in [2.05, 4.69) is 64.5 Å². The van der Waals surface area contributed by atoms with E-state index in [1.165, 1.54) is 5.52 Å². The number of fused-ring (bicyclic) bond motifs is 2. The zero-order valence-electron chi connectivity index (χ0n) is 14.8. The summed E-state index contributed by atoms with van der Waals surface area (Å²) >= 11 is 0. The maximum atomic E-state index is 4.45. The summed E-state index contributed by atoms with van der Waals surface area (Å²) < 4.78 is 2.18. The summed E-state index contributed by atoms with van der Waals surface area (Å²) in [6, 6.07) is 9.15.